The molecule has 3 N–H and O–H groups in total. The second kappa shape index (κ2) is 8.34. The van der Waals surface area contributed by atoms with Crippen molar-refractivity contribution in [2.75, 3.05) is 0 Å². The zero-order valence-electron chi connectivity index (χ0n) is 13.7. The number of carbonyl (C=O) groups excluding carboxylic acids is 1. The lowest BCUT2D eigenvalue weighted by Crippen LogP contribution is -2.23. The maximum Gasteiger partial charge on any atom is 0.407 e. The maximum atomic E-state index is 11.8. The third-order valence-corrected chi connectivity index (χ3v) is 3.63. The lowest BCUT2D eigenvalue weighted by Gasteiger charge is -2.12. The summed E-state index contributed by atoms with van der Waals surface area (Å²) in [6.07, 6.45) is -0.418. The highest BCUT2D eigenvalue weighted by atomic mass is 16.5. The van der Waals surface area contributed by atoms with Crippen LogP contribution in [-0.2, 0) is 24.4 Å². The van der Waals surface area contributed by atoms with Gasteiger partial charge in [-0.3, -0.25) is 0 Å². The Hall–Kier alpha value is -2.33. The molecule has 2 rings (SSSR count). The van der Waals surface area contributed by atoms with E-state index in [-0.39, 0.29) is 6.61 Å². The topological polar surface area (TPSA) is 64.3 Å². The van der Waals surface area contributed by atoms with E-state index in [0.717, 1.165) is 16.7 Å². The molecule has 2 aromatic rings. The van der Waals surface area contributed by atoms with Crippen LogP contribution in [0.5, 0.6) is 0 Å². The number of ether oxygens (including phenoxy) is 1. The van der Waals surface area contributed by atoms with E-state index >= 15 is 0 Å². The van der Waals surface area contributed by atoms with E-state index in [9.17, 15) is 4.79 Å². The van der Waals surface area contributed by atoms with Gasteiger partial charge >= 0.3 is 6.09 Å². The Morgan fingerprint density at radius 3 is 2.43 bits per heavy atom. The van der Waals surface area contributed by atoms with Crippen LogP contribution in [0.3, 0.4) is 0 Å². The highest BCUT2D eigenvalue weighted by molar-refractivity contribution is 5.67. The Morgan fingerprint density at radius 2 is 1.78 bits per heavy atom. The Balaban J connectivity index is 1.89. The molecule has 0 saturated heterocycles. The summed E-state index contributed by atoms with van der Waals surface area (Å²) in [6.45, 7) is 5.47. The molecule has 0 aliphatic rings. The van der Waals surface area contributed by atoms with Crippen LogP contribution in [0.4, 0.5) is 4.79 Å². The first-order valence-electron chi connectivity index (χ1n) is 7.86. The van der Waals surface area contributed by atoms with Gasteiger partial charge in [0.15, 0.2) is 0 Å². The second-order valence-corrected chi connectivity index (χ2v) is 5.86. The van der Waals surface area contributed by atoms with Gasteiger partial charge in [0.25, 0.3) is 0 Å². The number of benzene rings is 2. The average molecular weight is 312 g/mol. The molecule has 4 nitrogen and oxygen atoms in total. The molecular weight excluding hydrogens is 288 g/mol. The van der Waals surface area contributed by atoms with Gasteiger partial charge in [-0.2, -0.15) is 0 Å². The maximum absolute atomic E-state index is 11.8. The zero-order valence-corrected chi connectivity index (χ0v) is 13.7. The third kappa shape index (κ3) is 5.42. The van der Waals surface area contributed by atoms with Gasteiger partial charge in [-0.1, -0.05) is 62.4 Å². The predicted molar refractivity (Wildman–Crippen MR) is 91.9 cm³/mol. The molecule has 0 radical (unpaired) electrons. The normalized spacial score (nSPS) is 10.6. The minimum Gasteiger partial charge on any atom is -0.445 e. The molecule has 122 valence electrons. The summed E-state index contributed by atoms with van der Waals surface area (Å²) in [5.74, 6) is 0.422. The van der Waals surface area contributed by atoms with Crippen molar-refractivity contribution in [3.8, 4) is 0 Å². The molecule has 0 aromatic heterocycles. The van der Waals surface area contributed by atoms with E-state index in [2.05, 4.69) is 31.3 Å². The van der Waals surface area contributed by atoms with Crippen LogP contribution in [0.15, 0.2) is 48.5 Å². The molecule has 4 heteroatoms. The summed E-state index contributed by atoms with van der Waals surface area (Å²) in [4.78, 5) is 11.8. The van der Waals surface area contributed by atoms with Crippen molar-refractivity contribution >= 4 is 6.09 Å². The van der Waals surface area contributed by atoms with Crippen LogP contribution in [0.25, 0.3) is 0 Å². The predicted octanol–water partition coefficient (Wildman–Crippen LogP) is 3.70. The SMILES string of the molecule is CC(C)c1cc(CN)cc(CNC(=O)OCc2ccccc2)c1. The van der Waals surface area contributed by atoms with Gasteiger partial charge in [-0.05, 0) is 28.2 Å². The molecule has 2 aromatic carbocycles. The number of nitrogens with one attached hydrogen (secondary N) is 1. The fraction of sp³-hybridized carbons (Fsp3) is 0.316. The highest BCUT2D eigenvalue weighted by Gasteiger charge is 2.06. The Kier molecular flexibility index (Phi) is 6.18. The van der Waals surface area contributed by atoms with Gasteiger partial charge in [-0.25, -0.2) is 4.79 Å². The molecule has 0 spiro atoms. The van der Waals surface area contributed by atoms with Crippen LogP contribution in [0, 0.1) is 0 Å². The molecule has 0 atom stereocenters. The smallest absolute Gasteiger partial charge is 0.407 e. The van der Waals surface area contributed by atoms with E-state index in [1.807, 2.05) is 36.4 Å². The summed E-state index contributed by atoms with van der Waals surface area (Å²) in [5, 5.41) is 2.78. The number of carbonyl (C=O) groups is 1. The highest BCUT2D eigenvalue weighted by Crippen LogP contribution is 2.18. The van der Waals surface area contributed by atoms with Crippen molar-refractivity contribution in [3.05, 3.63) is 70.8 Å². The van der Waals surface area contributed by atoms with Gasteiger partial charge in [0.1, 0.15) is 6.61 Å². The van der Waals surface area contributed by atoms with Gasteiger partial charge in [0.05, 0.1) is 0 Å². The van der Waals surface area contributed by atoms with Crippen molar-refractivity contribution in [3.63, 3.8) is 0 Å². The second-order valence-electron chi connectivity index (χ2n) is 5.86. The molecule has 0 aliphatic heterocycles. The minimum atomic E-state index is -0.418. The summed E-state index contributed by atoms with van der Waals surface area (Å²) in [7, 11) is 0. The van der Waals surface area contributed by atoms with E-state index in [1.165, 1.54) is 5.56 Å². The number of nitrogens with two attached hydrogens (primary N) is 1. The van der Waals surface area contributed by atoms with Crippen LogP contribution in [0.2, 0.25) is 0 Å². The summed E-state index contributed by atoms with van der Waals surface area (Å²) >= 11 is 0. The van der Waals surface area contributed by atoms with Gasteiger partial charge in [0.2, 0.25) is 0 Å². The Labute approximate surface area is 137 Å². The van der Waals surface area contributed by atoms with Crippen molar-refractivity contribution in [1.29, 1.82) is 0 Å². The molecule has 1 amide bonds. The van der Waals surface area contributed by atoms with E-state index < -0.39 is 6.09 Å². The lowest BCUT2D eigenvalue weighted by molar-refractivity contribution is 0.139. The fourth-order valence-corrected chi connectivity index (χ4v) is 2.29. The Morgan fingerprint density at radius 1 is 1.09 bits per heavy atom. The van der Waals surface area contributed by atoms with Gasteiger partial charge in [-0.15, -0.1) is 0 Å². The van der Waals surface area contributed by atoms with Crippen molar-refractivity contribution in [2.24, 2.45) is 5.73 Å². The van der Waals surface area contributed by atoms with E-state index in [0.29, 0.717) is 19.0 Å². The quantitative estimate of drug-likeness (QED) is 0.855. The van der Waals surface area contributed by atoms with Gasteiger partial charge < -0.3 is 15.8 Å². The zero-order chi connectivity index (χ0) is 16.7. The lowest BCUT2D eigenvalue weighted by atomic mass is 9.97. The fourth-order valence-electron chi connectivity index (χ4n) is 2.29. The molecule has 0 aliphatic carbocycles. The number of hydrogen-bond donors (Lipinski definition) is 2. The monoisotopic (exact) mass is 312 g/mol. The molecule has 0 bridgehead atoms. The largest absolute Gasteiger partial charge is 0.445 e. The van der Waals surface area contributed by atoms with Crippen LogP contribution in [0.1, 0.15) is 42.0 Å². The number of rotatable bonds is 6. The number of alkyl carbamates (subject to hydrolysis) is 1. The van der Waals surface area contributed by atoms with Crippen LogP contribution >= 0.6 is 0 Å². The third-order valence-electron chi connectivity index (χ3n) is 3.63. The van der Waals surface area contributed by atoms with E-state index in [1.54, 1.807) is 0 Å². The summed E-state index contributed by atoms with van der Waals surface area (Å²) in [6, 6.07) is 15.8. The number of hydrogen-bond acceptors (Lipinski definition) is 3. The molecule has 0 fully saturated rings. The average Bonchev–Trinajstić information content (AvgIpc) is 2.58. The van der Waals surface area contributed by atoms with Crippen molar-refractivity contribution < 1.29 is 9.53 Å². The number of amides is 1. The molecule has 23 heavy (non-hydrogen) atoms. The van der Waals surface area contributed by atoms with Gasteiger partial charge in [0, 0.05) is 13.1 Å². The molecule has 0 heterocycles. The van der Waals surface area contributed by atoms with E-state index in [4.69, 9.17) is 10.5 Å². The summed E-state index contributed by atoms with van der Waals surface area (Å²) in [5.41, 5.74) is 10.0. The Bertz CT molecular complexity index is 639. The summed E-state index contributed by atoms with van der Waals surface area (Å²) < 4.78 is 5.21. The molecular formula is C19H24N2O2. The first-order valence-corrected chi connectivity index (χ1v) is 7.86. The minimum absolute atomic E-state index is 0.271. The molecule has 0 unspecified atom stereocenters. The van der Waals surface area contributed by atoms with Crippen molar-refractivity contribution in [1.82, 2.24) is 5.32 Å². The van der Waals surface area contributed by atoms with Crippen LogP contribution < -0.4 is 11.1 Å². The van der Waals surface area contributed by atoms with Crippen LogP contribution in [-0.4, -0.2) is 6.09 Å². The molecule has 0 saturated carbocycles. The standard InChI is InChI=1S/C19H24N2O2/c1-14(2)18-9-16(11-20)8-17(10-18)12-21-19(22)23-13-15-6-4-3-5-7-15/h3-10,14H,11-13,20H2,1-2H3,(H,21,22). The van der Waals surface area contributed by atoms with Crippen molar-refractivity contribution in [2.45, 2.75) is 39.5 Å². The first kappa shape index (κ1) is 17.0. The first-order chi connectivity index (χ1) is 11.1.